The normalized spacial score (nSPS) is 14.8. The van der Waals surface area contributed by atoms with Gasteiger partial charge in [-0.2, -0.15) is 8.78 Å². The summed E-state index contributed by atoms with van der Waals surface area (Å²) < 4.78 is 35.1. The van der Waals surface area contributed by atoms with Crippen LogP contribution in [-0.4, -0.2) is 52.7 Å². The number of hydrogen-bond donors (Lipinski definition) is 1. The molecule has 0 radical (unpaired) electrons. The van der Waals surface area contributed by atoms with E-state index in [1.54, 1.807) is 24.3 Å². The van der Waals surface area contributed by atoms with Gasteiger partial charge in [-0.1, -0.05) is 25.1 Å². The van der Waals surface area contributed by atoms with Gasteiger partial charge in [-0.25, -0.2) is 9.78 Å². The lowest BCUT2D eigenvalue weighted by Gasteiger charge is -2.30. The van der Waals surface area contributed by atoms with Crippen LogP contribution in [0.2, 0.25) is 0 Å². The van der Waals surface area contributed by atoms with Gasteiger partial charge in [0.15, 0.2) is 11.5 Å². The Labute approximate surface area is 198 Å². The van der Waals surface area contributed by atoms with Gasteiger partial charge in [0.05, 0.1) is 40.4 Å². The first kappa shape index (κ1) is 24.0. The van der Waals surface area contributed by atoms with E-state index in [4.69, 9.17) is 9.72 Å². The van der Waals surface area contributed by atoms with E-state index in [0.29, 0.717) is 47.4 Å². The highest BCUT2D eigenvalue weighted by atomic mass is 19.3. The number of alkyl halides is 2. The molecule has 182 valence electrons. The van der Waals surface area contributed by atoms with Crippen molar-refractivity contribution in [3.63, 3.8) is 0 Å². The molecule has 11 heteroatoms. The molecule has 9 nitrogen and oxygen atoms in total. The first-order valence-corrected chi connectivity index (χ1v) is 10.6. The Morgan fingerprint density at radius 2 is 2.03 bits per heavy atom. The zero-order chi connectivity index (χ0) is 25.3. The monoisotopic (exact) mass is 485 g/mol. The van der Waals surface area contributed by atoms with Gasteiger partial charge >= 0.3 is 12.6 Å². The van der Waals surface area contributed by atoms with Crippen LogP contribution in [0.5, 0.6) is 11.5 Å². The number of methoxy groups -OCH3 is 1. The molecule has 0 fully saturated rings. The predicted molar refractivity (Wildman–Crippen MR) is 124 cm³/mol. The summed E-state index contributed by atoms with van der Waals surface area (Å²) in [6.07, 6.45) is 1.51. The molecular weight excluding hydrogens is 464 g/mol. The minimum absolute atomic E-state index is 0.0826. The van der Waals surface area contributed by atoms with E-state index in [2.05, 4.69) is 4.74 Å². The fourth-order valence-corrected chi connectivity index (χ4v) is 4.22. The van der Waals surface area contributed by atoms with Gasteiger partial charge in [0.2, 0.25) is 0 Å². The summed E-state index contributed by atoms with van der Waals surface area (Å²) in [6, 6.07) is 9.00. The van der Waals surface area contributed by atoms with Crippen molar-refractivity contribution < 1.29 is 33.1 Å². The quantitative estimate of drug-likeness (QED) is 0.374. The Morgan fingerprint density at radius 3 is 2.66 bits per heavy atom. The number of carboxylic acids is 1. The topological polar surface area (TPSA) is 115 Å². The summed E-state index contributed by atoms with van der Waals surface area (Å²) in [4.78, 5) is 30.0. The Balaban J connectivity index is 1.98. The number of benzene rings is 2. The summed E-state index contributed by atoms with van der Waals surface area (Å²) in [5, 5.41) is 22.3. The van der Waals surface area contributed by atoms with Crippen LogP contribution < -0.4 is 9.47 Å². The number of nitro groups is 1. The molecule has 1 aromatic heterocycles. The number of para-hydroxylation sites is 1. The van der Waals surface area contributed by atoms with Crippen LogP contribution in [0.25, 0.3) is 22.6 Å². The average Bonchev–Trinajstić information content (AvgIpc) is 2.82. The maximum absolute atomic E-state index is 12.8. The number of rotatable bonds is 7. The third-order valence-corrected chi connectivity index (χ3v) is 5.79. The Bertz CT molecular complexity index is 1360. The molecule has 1 aliphatic rings. The Hall–Kier alpha value is -4.12. The molecule has 0 unspecified atom stereocenters. The lowest BCUT2D eigenvalue weighted by molar-refractivity contribution is -0.385. The lowest BCUT2D eigenvalue weighted by atomic mass is 9.91. The molecule has 0 saturated heterocycles. The highest BCUT2D eigenvalue weighted by Crippen LogP contribution is 2.39. The third-order valence-electron chi connectivity index (χ3n) is 5.79. The van der Waals surface area contributed by atoms with E-state index in [-0.39, 0.29) is 16.9 Å². The van der Waals surface area contributed by atoms with Gasteiger partial charge in [0.25, 0.3) is 5.69 Å². The molecule has 1 aliphatic heterocycles. The minimum atomic E-state index is -3.19. The molecule has 2 aromatic carbocycles. The maximum atomic E-state index is 12.8. The van der Waals surface area contributed by atoms with E-state index in [0.717, 1.165) is 6.07 Å². The van der Waals surface area contributed by atoms with Gasteiger partial charge in [0.1, 0.15) is 0 Å². The molecule has 35 heavy (non-hydrogen) atoms. The van der Waals surface area contributed by atoms with Crippen LogP contribution in [0.3, 0.4) is 0 Å². The smallest absolute Gasteiger partial charge is 0.387 e. The van der Waals surface area contributed by atoms with Crippen molar-refractivity contribution in [3.05, 3.63) is 68.9 Å². The Kier molecular flexibility index (Phi) is 6.61. The van der Waals surface area contributed by atoms with Crippen LogP contribution in [0, 0.1) is 10.1 Å². The van der Waals surface area contributed by atoms with Crippen molar-refractivity contribution in [2.24, 2.45) is 0 Å². The highest BCUT2D eigenvalue weighted by molar-refractivity contribution is 6.06. The fraction of sp³-hybridized carbons (Fsp3) is 0.250. The van der Waals surface area contributed by atoms with E-state index in [1.807, 2.05) is 11.8 Å². The molecule has 0 spiro atoms. The number of carboxylic acid groups (broad SMARTS) is 1. The van der Waals surface area contributed by atoms with E-state index < -0.39 is 28.9 Å². The number of aromatic carboxylic acids is 1. The number of carbonyl (C=O) groups is 1. The van der Waals surface area contributed by atoms with Gasteiger partial charge in [-0.15, -0.1) is 0 Å². The number of halogens is 2. The summed E-state index contributed by atoms with van der Waals surface area (Å²) in [5.41, 5.74) is 1.70. The molecule has 0 bridgehead atoms. The molecular formula is C24H21F2N3O6. The second-order valence-corrected chi connectivity index (χ2v) is 7.81. The van der Waals surface area contributed by atoms with Crippen LogP contribution in [0.15, 0.2) is 36.4 Å². The average molecular weight is 485 g/mol. The van der Waals surface area contributed by atoms with Crippen molar-refractivity contribution >= 4 is 34.2 Å². The summed E-state index contributed by atoms with van der Waals surface area (Å²) in [7, 11) is 1.23. The second-order valence-electron chi connectivity index (χ2n) is 7.81. The van der Waals surface area contributed by atoms with Crippen molar-refractivity contribution in [1.82, 2.24) is 9.88 Å². The SMILES string of the molecule is CCN1C/C(=C\c2cc(OC)c(OC(F)F)cc2[N+](=O)[O-])c2nc3ccccc3c(C(=O)O)c2C1. The molecule has 3 aromatic rings. The first-order valence-electron chi connectivity index (χ1n) is 10.6. The van der Waals surface area contributed by atoms with E-state index in [9.17, 15) is 28.8 Å². The molecule has 0 saturated carbocycles. The van der Waals surface area contributed by atoms with Crippen molar-refractivity contribution in [3.8, 4) is 11.5 Å². The van der Waals surface area contributed by atoms with Gasteiger partial charge < -0.3 is 14.6 Å². The maximum Gasteiger partial charge on any atom is 0.387 e. The number of hydrogen-bond acceptors (Lipinski definition) is 7. The molecule has 4 rings (SSSR count). The van der Waals surface area contributed by atoms with E-state index >= 15 is 0 Å². The minimum Gasteiger partial charge on any atom is -0.493 e. The van der Waals surface area contributed by atoms with Crippen LogP contribution in [-0.2, 0) is 6.54 Å². The molecule has 2 heterocycles. The second kappa shape index (κ2) is 9.63. The first-order chi connectivity index (χ1) is 16.7. The lowest BCUT2D eigenvalue weighted by Crippen LogP contribution is -2.31. The molecule has 0 aliphatic carbocycles. The summed E-state index contributed by atoms with van der Waals surface area (Å²) in [5.74, 6) is -1.67. The molecule has 0 amide bonds. The summed E-state index contributed by atoms with van der Waals surface area (Å²) in [6.45, 7) is 0.00930. The molecule has 0 atom stereocenters. The van der Waals surface area contributed by atoms with Crippen LogP contribution >= 0.6 is 0 Å². The highest BCUT2D eigenvalue weighted by Gasteiger charge is 2.29. The standard InChI is InChI=1S/C24H21F2N3O6/c1-3-28-11-14(8-13-9-19(34-2)20(35-24(25)26)10-18(13)29(32)33)22-16(12-28)21(23(30)31)15-6-4-5-7-17(15)27-22/h4-10,24H,3,11-12H2,1-2H3,(H,30,31)/b14-8+. The summed E-state index contributed by atoms with van der Waals surface area (Å²) >= 11 is 0. The third kappa shape index (κ3) is 4.62. The fourth-order valence-electron chi connectivity index (χ4n) is 4.22. The zero-order valence-corrected chi connectivity index (χ0v) is 18.8. The number of pyridine rings is 1. The van der Waals surface area contributed by atoms with Crippen molar-refractivity contribution in [2.45, 2.75) is 20.1 Å². The Morgan fingerprint density at radius 1 is 1.29 bits per heavy atom. The van der Waals surface area contributed by atoms with E-state index in [1.165, 1.54) is 19.3 Å². The number of ether oxygens (including phenoxy) is 2. The number of aromatic nitrogens is 1. The molecule has 1 N–H and O–H groups in total. The van der Waals surface area contributed by atoms with Crippen molar-refractivity contribution in [1.29, 1.82) is 0 Å². The number of nitrogens with zero attached hydrogens (tertiary/aromatic N) is 3. The number of fused-ring (bicyclic) bond motifs is 2. The predicted octanol–water partition coefficient (Wildman–Crippen LogP) is 4.83. The van der Waals surface area contributed by atoms with Crippen LogP contribution in [0.1, 0.15) is 34.1 Å². The largest absolute Gasteiger partial charge is 0.493 e. The van der Waals surface area contributed by atoms with Crippen molar-refractivity contribution in [2.75, 3.05) is 20.2 Å². The van der Waals surface area contributed by atoms with Gasteiger partial charge in [-0.05, 0) is 30.3 Å². The number of nitro benzene ring substituents is 1. The zero-order valence-electron chi connectivity index (χ0n) is 18.8. The van der Waals surface area contributed by atoms with Gasteiger partial charge in [0, 0.05) is 24.0 Å². The number of likely N-dealkylation sites (N-methyl/N-ethyl adjacent to an activating group) is 1. The van der Waals surface area contributed by atoms with Gasteiger partial charge in [-0.3, -0.25) is 15.0 Å². The van der Waals surface area contributed by atoms with Crippen LogP contribution in [0.4, 0.5) is 14.5 Å².